The molecule has 0 unspecified atom stereocenters. The fourth-order valence-corrected chi connectivity index (χ4v) is 2.97. The van der Waals surface area contributed by atoms with Gasteiger partial charge in [0.1, 0.15) is 5.75 Å². The average molecular weight is 315 g/mol. The number of rotatable bonds is 4. The molecule has 0 amide bonds. The van der Waals surface area contributed by atoms with Gasteiger partial charge in [-0.15, -0.1) is 0 Å². The number of benzene rings is 1. The van der Waals surface area contributed by atoms with E-state index in [1.165, 1.54) is 6.42 Å². The first-order valence-corrected chi connectivity index (χ1v) is 7.94. The lowest BCUT2D eigenvalue weighted by Gasteiger charge is -2.22. The molecule has 0 saturated heterocycles. The van der Waals surface area contributed by atoms with Crippen molar-refractivity contribution >= 4 is 29.0 Å². The summed E-state index contributed by atoms with van der Waals surface area (Å²) in [5.41, 5.74) is 0.569. The van der Waals surface area contributed by atoms with Crippen LogP contribution in [0.5, 0.6) is 5.75 Å². The van der Waals surface area contributed by atoms with Gasteiger partial charge in [-0.1, -0.05) is 42.5 Å². The number of halogens is 2. The van der Waals surface area contributed by atoms with Gasteiger partial charge in [0.05, 0.1) is 21.7 Å². The highest BCUT2D eigenvalue weighted by atomic mass is 35.5. The SMILES string of the molecule is CC(C)Oc1cc(Cl)c(Cl)cc1C(=O)C1CCCCC1. The summed E-state index contributed by atoms with van der Waals surface area (Å²) in [6.45, 7) is 3.86. The van der Waals surface area contributed by atoms with Crippen LogP contribution in [0.2, 0.25) is 10.0 Å². The third kappa shape index (κ3) is 3.67. The number of Topliss-reactive ketones (excluding diaryl/α,β-unsaturated/α-hetero) is 1. The number of ketones is 1. The predicted molar refractivity (Wildman–Crippen MR) is 83.1 cm³/mol. The van der Waals surface area contributed by atoms with Gasteiger partial charge in [0.15, 0.2) is 5.78 Å². The molecule has 1 aliphatic carbocycles. The lowest BCUT2D eigenvalue weighted by atomic mass is 9.83. The molecule has 2 nitrogen and oxygen atoms in total. The van der Waals surface area contributed by atoms with Crippen molar-refractivity contribution < 1.29 is 9.53 Å². The van der Waals surface area contributed by atoms with Crippen LogP contribution in [-0.2, 0) is 0 Å². The summed E-state index contributed by atoms with van der Waals surface area (Å²) in [7, 11) is 0. The number of carbonyl (C=O) groups excluding carboxylic acids is 1. The van der Waals surface area contributed by atoms with Crippen LogP contribution in [0.3, 0.4) is 0 Å². The molecule has 1 aromatic rings. The molecule has 0 bridgehead atoms. The first-order chi connectivity index (χ1) is 9.49. The van der Waals surface area contributed by atoms with Crippen molar-refractivity contribution in [2.75, 3.05) is 0 Å². The van der Waals surface area contributed by atoms with Crippen molar-refractivity contribution in [2.45, 2.75) is 52.1 Å². The molecular formula is C16H20Cl2O2. The minimum Gasteiger partial charge on any atom is -0.490 e. The van der Waals surface area contributed by atoms with E-state index in [4.69, 9.17) is 27.9 Å². The van der Waals surface area contributed by atoms with Gasteiger partial charge in [0.25, 0.3) is 0 Å². The Kier molecular flexibility index (Phi) is 5.34. The van der Waals surface area contributed by atoms with Crippen LogP contribution in [0.4, 0.5) is 0 Å². The van der Waals surface area contributed by atoms with Crippen LogP contribution < -0.4 is 4.74 Å². The van der Waals surface area contributed by atoms with E-state index in [0.29, 0.717) is 21.4 Å². The van der Waals surface area contributed by atoms with Crippen molar-refractivity contribution in [1.82, 2.24) is 0 Å². The summed E-state index contributed by atoms with van der Waals surface area (Å²) >= 11 is 12.1. The second-order valence-corrected chi connectivity index (χ2v) is 6.44. The van der Waals surface area contributed by atoms with Gasteiger partial charge in [-0.2, -0.15) is 0 Å². The summed E-state index contributed by atoms with van der Waals surface area (Å²) < 4.78 is 5.73. The molecule has 1 aliphatic rings. The van der Waals surface area contributed by atoms with Crippen molar-refractivity contribution in [3.8, 4) is 5.75 Å². The Morgan fingerprint density at radius 2 is 1.75 bits per heavy atom. The number of carbonyl (C=O) groups is 1. The molecule has 0 N–H and O–H groups in total. The quantitative estimate of drug-likeness (QED) is 0.682. The lowest BCUT2D eigenvalue weighted by Crippen LogP contribution is -2.19. The van der Waals surface area contributed by atoms with E-state index in [1.807, 2.05) is 13.8 Å². The van der Waals surface area contributed by atoms with Crippen molar-refractivity contribution in [1.29, 1.82) is 0 Å². The van der Waals surface area contributed by atoms with E-state index >= 15 is 0 Å². The summed E-state index contributed by atoms with van der Waals surface area (Å²) in [6, 6.07) is 3.30. The molecule has 1 aromatic carbocycles. The summed E-state index contributed by atoms with van der Waals surface area (Å²) in [5.74, 6) is 0.777. The fourth-order valence-electron chi connectivity index (χ4n) is 2.66. The molecule has 0 heterocycles. The Balaban J connectivity index is 2.32. The highest BCUT2D eigenvalue weighted by Crippen LogP contribution is 2.35. The highest BCUT2D eigenvalue weighted by Gasteiger charge is 2.26. The second kappa shape index (κ2) is 6.82. The van der Waals surface area contributed by atoms with Gasteiger partial charge in [-0.05, 0) is 32.8 Å². The zero-order chi connectivity index (χ0) is 14.7. The minimum absolute atomic E-state index is 0.00912. The Labute approximate surface area is 130 Å². The summed E-state index contributed by atoms with van der Waals surface area (Å²) in [5, 5.41) is 0.824. The van der Waals surface area contributed by atoms with Gasteiger partial charge in [-0.25, -0.2) is 0 Å². The van der Waals surface area contributed by atoms with E-state index in [1.54, 1.807) is 12.1 Å². The Bertz CT molecular complexity index is 491. The standard InChI is InChI=1S/C16H20Cl2O2/c1-10(2)20-15-9-14(18)13(17)8-12(15)16(19)11-6-4-3-5-7-11/h8-11H,3-7H2,1-2H3. The molecule has 1 fully saturated rings. The molecule has 1 saturated carbocycles. The first kappa shape index (κ1) is 15.7. The maximum Gasteiger partial charge on any atom is 0.169 e. The molecule has 0 aromatic heterocycles. The van der Waals surface area contributed by atoms with E-state index in [9.17, 15) is 4.79 Å². The maximum absolute atomic E-state index is 12.7. The third-order valence-electron chi connectivity index (χ3n) is 3.63. The van der Waals surface area contributed by atoms with Crippen molar-refractivity contribution in [2.24, 2.45) is 5.92 Å². The summed E-state index contributed by atoms with van der Waals surface area (Å²) in [6.07, 6.45) is 5.38. The molecule has 0 aliphatic heterocycles. The molecule has 0 atom stereocenters. The molecular weight excluding hydrogens is 295 g/mol. The smallest absolute Gasteiger partial charge is 0.169 e. The Morgan fingerprint density at radius 3 is 2.35 bits per heavy atom. The normalized spacial score (nSPS) is 16.4. The van der Waals surface area contributed by atoms with E-state index < -0.39 is 0 Å². The van der Waals surface area contributed by atoms with E-state index in [0.717, 1.165) is 25.7 Å². The van der Waals surface area contributed by atoms with Gasteiger partial charge in [-0.3, -0.25) is 4.79 Å². The first-order valence-electron chi connectivity index (χ1n) is 7.19. The van der Waals surface area contributed by atoms with Gasteiger partial charge in [0, 0.05) is 12.0 Å². The molecule has 110 valence electrons. The topological polar surface area (TPSA) is 26.3 Å². The van der Waals surface area contributed by atoms with Crippen LogP contribution in [-0.4, -0.2) is 11.9 Å². The zero-order valence-electron chi connectivity index (χ0n) is 11.9. The van der Waals surface area contributed by atoms with Crippen molar-refractivity contribution in [3.63, 3.8) is 0 Å². The van der Waals surface area contributed by atoms with Crippen LogP contribution in [0.15, 0.2) is 12.1 Å². The molecule has 20 heavy (non-hydrogen) atoms. The number of hydrogen-bond donors (Lipinski definition) is 0. The summed E-state index contributed by atoms with van der Waals surface area (Å²) in [4.78, 5) is 12.7. The van der Waals surface area contributed by atoms with Crippen LogP contribution in [0.1, 0.15) is 56.3 Å². The minimum atomic E-state index is -0.00912. The molecule has 2 rings (SSSR count). The van der Waals surface area contributed by atoms with Crippen LogP contribution in [0, 0.1) is 5.92 Å². The largest absolute Gasteiger partial charge is 0.490 e. The maximum atomic E-state index is 12.7. The number of ether oxygens (including phenoxy) is 1. The van der Waals surface area contributed by atoms with Crippen molar-refractivity contribution in [3.05, 3.63) is 27.7 Å². The monoisotopic (exact) mass is 314 g/mol. The van der Waals surface area contributed by atoms with Crippen LogP contribution >= 0.6 is 23.2 Å². The molecule has 0 spiro atoms. The molecule has 4 heteroatoms. The number of hydrogen-bond acceptors (Lipinski definition) is 2. The third-order valence-corrected chi connectivity index (χ3v) is 4.35. The average Bonchev–Trinajstić information content (AvgIpc) is 2.42. The fraction of sp³-hybridized carbons (Fsp3) is 0.562. The lowest BCUT2D eigenvalue weighted by molar-refractivity contribution is 0.0883. The van der Waals surface area contributed by atoms with Gasteiger partial charge >= 0.3 is 0 Å². The second-order valence-electron chi connectivity index (χ2n) is 5.63. The zero-order valence-corrected chi connectivity index (χ0v) is 13.4. The molecule has 0 radical (unpaired) electrons. The van der Waals surface area contributed by atoms with E-state index in [2.05, 4.69) is 0 Å². The highest BCUT2D eigenvalue weighted by molar-refractivity contribution is 6.42. The Hall–Kier alpha value is -0.730. The predicted octanol–water partition coefficient (Wildman–Crippen LogP) is 5.54. The van der Waals surface area contributed by atoms with Gasteiger partial charge < -0.3 is 4.74 Å². The van der Waals surface area contributed by atoms with Gasteiger partial charge in [0.2, 0.25) is 0 Å². The van der Waals surface area contributed by atoms with E-state index in [-0.39, 0.29) is 17.8 Å². The Morgan fingerprint density at radius 1 is 1.15 bits per heavy atom. The van der Waals surface area contributed by atoms with Crippen LogP contribution in [0.25, 0.3) is 0 Å².